The number of methoxy groups -OCH3 is 2. The van der Waals surface area contributed by atoms with E-state index < -0.39 is 0 Å². The maximum Gasteiger partial charge on any atom is 0.322 e. The predicted octanol–water partition coefficient (Wildman–Crippen LogP) is 2.00. The number of ether oxygens (including phenoxy) is 2. The van der Waals surface area contributed by atoms with E-state index in [0.29, 0.717) is 6.54 Å². The number of rotatable bonds is 5. The lowest BCUT2D eigenvalue weighted by Crippen LogP contribution is -2.36. The molecular weight excluding hydrogens is 230 g/mol. The standard InChI is InChI=1S/C14H21NO3/c1-10-8-12(6-7-13(10)17-4)9-15(3)11(2)14(16)18-5/h6-8,11H,9H2,1-5H3/t11-/m0/s1. The second-order valence-corrected chi connectivity index (χ2v) is 4.42. The van der Waals surface area contributed by atoms with Gasteiger partial charge in [-0.05, 0) is 38.1 Å². The van der Waals surface area contributed by atoms with Crippen LogP contribution in [0.25, 0.3) is 0 Å². The topological polar surface area (TPSA) is 38.8 Å². The minimum atomic E-state index is -0.252. The van der Waals surface area contributed by atoms with E-state index in [1.165, 1.54) is 7.11 Å². The minimum Gasteiger partial charge on any atom is -0.496 e. The summed E-state index contributed by atoms with van der Waals surface area (Å²) in [7, 11) is 4.97. The Morgan fingerprint density at radius 1 is 1.39 bits per heavy atom. The van der Waals surface area contributed by atoms with Gasteiger partial charge in [-0.25, -0.2) is 0 Å². The van der Waals surface area contributed by atoms with Crippen molar-refractivity contribution < 1.29 is 14.3 Å². The van der Waals surface area contributed by atoms with Crippen LogP contribution in [0.2, 0.25) is 0 Å². The van der Waals surface area contributed by atoms with Crippen molar-refractivity contribution in [1.82, 2.24) is 4.90 Å². The van der Waals surface area contributed by atoms with Crippen molar-refractivity contribution in [2.45, 2.75) is 26.4 Å². The van der Waals surface area contributed by atoms with E-state index in [1.54, 1.807) is 7.11 Å². The van der Waals surface area contributed by atoms with E-state index in [9.17, 15) is 4.79 Å². The molecule has 1 rings (SSSR count). The molecule has 0 aliphatic heterocycles. The second kappa shape index (κ2) is 6.40. The summed E-state index contributed by atoms with van der Waals surface area (Å²) in [5, 5.41) is 0. The fourth-order valence-corrected chi connectivity index (χ4v) is 1.81. The Hall–Kier alpha value is -1.55. The lowest BCUT2D eigenvalue weighted by molar-refractivity contribution is -0.145. The molecule has 1 aromatic rings. The molecule has 0 aliphatic carbocycles. The molecule has 0 saturated carbocycles. The highest BCUT2D eigenvalue weighted by atomic mass is 16.5. The number of hydrogen-bond donors (Lipinski definition) is 0. The van der Waals surface area contributed by atoms with Gasteiger partial charge in [-0.3, -0.25) is 9.69 Å². The van der Waals surface area contributed by atoms with Crippen molar-refractivity contribution in [2.75, 3.05) is 21.3 Å². The summed E-state index contributed by atoms with van der Waals surface area (Å²) in [5.74, 6) is 0.658. The zero-order chi connectivity index (χ0) is 13.7. The highest BCUT2D eigenvalue weighted by Gasteiger charge is 2.18. The minimum absolute atomic E-state index is 0.220. The van der Waals surface area contributed by atoms with Gasteiger partial charge in [0.05, 0.1) is 14.2 Å². The summed E-state index contributed by atoms with van der Waals surface area (Å²) in [6.45, 7) is 4.54. The molecule has 0 bridgehead atoms. The fourth-order valence-electron chi connectivity index (χ4n) is 1.81. The zero-order valence-corrected chi connectivity index (χ0v) is 11.7. The van der Waals surface area contributed by atoms with E-state index in [1.807, 2.05) is 37.9 Å². The number of carbonyl (C=O) groups excluding carboxylic acids is 1. The molecule has 0 spiro atoms. The van der Waals surface area contributed by atoms with E-state index in [2.05, 4.69) is 6.07 Å². The monoisotopic (exact) mass is 251 g/mol. The first kappa shape index (κ1) is 14.5. The molecule has 0 fully saturated rings. The van der Waals surface area contributed by atoms with Gasteiger partial charge in [0.15, 0.2) is 0 Å². The summed E-state index contributed by atoms with van der Waals surface area (Å²) in [5.41, 5.74) is 2.24. The van der Waals surface area contributed by atoms with Crippen molar-refractivity contribution in [3.8, 4) is 5.75 Å². The van der Waals surface area contributed by atoms with Crippen molar-refractivity contribution in [2.24, 2.45) is 0 Å². The Labute approximate surface area is 108 Å². The second-order valence-electron chi connectivity index (χ2n) is 4.42. The first-order chi connectivity index (χ1) is 8.49. The van der Waals surface area contributed by atoms with E-state index >= 15 is 0 Å². The van der Waals surface area contributed by atoms with Gasteiger partial charge in [-0.2, -0.15) is 0 Å². The van der Waals surface area contributed by atoms with Crippen molar-refractivity contribution >= 4 is 5.97 Å². The summed E-state index contributed by atoms with van der Waals surface area (Å²) in [6.07, 6.45) is 0. The largest absolute Gasteiger partial charge is 0.496 e. The van der Waals surface area contributed by atoms with Gasteiger partial charge in [0.1, 0.15) is 11.8 Å². The number of aryl methyl sites for hydroxylation is 1. The molecule has 4 nitrogen and oxygen atoms in total. The van der Waals surface area contributed by atoms with Gasteiger partial charge in [0, 0.05) is 6.54 Å². The third-order valence-electron chi connectivity index (χ3n) is 3.09. The van der Waals surface area contributed by atoms with Crippen molar-refractivity contribution in [3.63, 3.8) is 0 Å². The third-order valence-corrected chi connectivity index (χ3v) is 3.09. The predicted molar refractivity (Wildman–Crippen MR) is 70.7 cm³/mol. The van der Waals surface area contributed by atoms with Crippen LogP contribution >= 0.6 is 0 Å². The van der Waals surface area contributed by atoms with Crippen LogP contribution in [-0.2, 0) is 16.1 Å². The fraction of sp³-hybridized carbons (Fsp3) is 0.500. The smallest absolute Gasteiger partial charge is 0.322 e. The van der Waals surface area contributed by atoms with Gasteiger partial charge >= 0.3 is 5.97 Å². The molecule has 0 aliphatic rings. The normalized spacial score (nSPS) is 12.3. The van der Waals surface area contributed by atoms with Crippen LogP contribution in [0.3, 0.4) is 0 Å². The molecule has 18 heavy (non-hydrogen) atoms. The van der Waals surface area contributed by atoms with Crippen LogP contribution in [0.1, 0.15) is 18.1 Å². The van der Waals surface area contributed by atoms with Gasteiger partial charge in [0.2, 0.25) is 0 Å². The van der Waals surface area contributed by atoms with Crippen molar-refractivity contribution in [1.29, 1.82) is 0 Å². The maximum atomic E-state index is 11.4. The van der Waals surface area contributed by atoms with E-state index in [0.717, 1.165) is 16.9 Å². The summed E-state index contributed by atoms with van der Waals surface area (Å²) in [4.78, 5) is 13.4. The first-order valence-corrected chi connectivity index (χ1v) is 5.91. The molecule has 1 aromatic carbocycles. The zero-order valence-electron chi connectivity index (χ0n) is 11.7. The molecule has 1 atom stereocenters. The molecule has 0 heterocycles. The Kier molecular flexibility index (Phi) is 5.16. The molecule has 0 radical (unpaired) electrons. The summed E-state index contributed by atoms with van der Waals surface area (Å²) in [6, 6.07) is 5.77. The Morgan fingerprint density at radius 2 is 2.06 bits per heavy atom. The van der Waals surface area contributed by atoms with Crippen LogP contribution in [0, 0.1) is 6.92 Å². The van der Waals surface area contributed by atoms with E-state index in [-0.39, 0.29) is 12.0 Å². The molecule has 0 N–H and O–H groups in total. The number of carbonyl (C=O) groups is 1. The average Bonchev–Trinajstić information content (AvgIpc) is 2.37. The Morgan fingerprint density at radius 3 is 2.56 bits per heavy atom. The molecule has 0 aromatic heterocycles. The number of hydrogen-bond acceptors (Lipinski definition) is 4. The maximum absolute atomic E-state index is 11.4. The lowest BCUT2D eigenvalue weighted by Gasteiger charge is -2.22. The third kappa shape index (κ3) is 3.47. The Balaban J connectivity index is 2.73. The van der Waals surface area contributed by atoms with Crippen LogP contribution in [-0.4, -0.2) is 38.2 Å². The van der Waals surface area contributed by atoms with Crippen LogP contribution in [0.5, 0.6) is 5.75 Å². The molecular formula is C14H21NO3. The van der Waals surface area contributed by atoms with Gasteiger partial charge in [-0.1, -0.05) is 12.1 Å². The average molecular weight is 251 g/mol. The lowest BCUT2D eigenvalue weighted by atomic mass is 10.1. The molecule has 4 heteroatoms. The number of esters is 1. The van der Waals surface area contributed by atoms with Crippen LogP contribution < -0.4 is 4.74 Å². The summed E-state index contributed by atoms with van der Waals surface area (Å²) < 4.78 is 9.95. The molecule has 100 valence electrons. The van der Waals surface area contributed by atoms with Crippen LogP contribution in [0.4, 0.5) is 0 Å². The van der Waals surface area contributed by atoms with Crippen LogP contribution in [0.15, 0.2) is 18.2 Å². The first-order valence-electron chi connectivity index (χ1n) is 5.91. The van der Waals surface area contributed by atoms with Crippen molar-refractivity contribution in [3.05, 3.63) is 29.3 Å². The number of benzene rings is 1. The highest BCUT2D eigenvalue weighted by molar-refractivity contribution is 5.75. The van der Waals surface area contributed by atoms with E-state index in [4.69, 9.17) is 9.47 Å². The Bertz CT molecular complexity index is 418. The summed E-state index contributed by atoms with van der Waals surface area (Å²) >= 11 is 0. The molecule has 0 unspecified atom stereocenters. The molecule has 0 saturated heterocycles. The van der Waals surface area contributed by atoms with Gasteiger partial charge in [0.25, 0.3) is 0 Å². The highest BCUT2D eigenvalue weighted by Crippen LogP contribution is 2.19. The van der Waals surface area contributed by atoms with Gasteiger partial charge in [-0.15, -0.1) is 0 Å². The quantitative estimate of drug-likeness (QED) is 0.750. The number of nitrogens with zero attached hydrogens (tertiary/aromatic N) is 1. The van der Waals surface area contributed by atoms with Gasteiger partial charge < -0.3 is 9.47 Å². The SMILES string of the molecule is COC(=O)[C@H](C)N(C)Cc1ccc(OC)c(C)c1. The number of likely N-dealkylation sites (N-methyl/N-ethyl adjacent to an activating group) is 1. The molecule has 0 amide bonds.